The number of benzene rings is 2. The van der Waals surface area contributed by atoms with Gasteiger partial charge in [-0.15, -0.1) is 0 Å². The van der Waals surface area contributed by atoms with E-state index < -0.39 is 0 Å². The van der Waals surface area contributed by atoms with E-state index in [0.717, 1.165) is 16.3 Å². The summed E-state index contributed by atoms with van der Waals surface area (Å²) in [5, 5.41) is 1.77. The van der Waals surface area contributed by atoms with Crippen molar-refractivity contribution in [3.05, 3.63) is 58.3 Å². The Bertz CT molecular complexity index is 680. The first-order valence-corrected chi connectivity index (χ1v) is 5.96. The second-order valence-corrected chi connectivity index (χ2v) is 4.87. The van der Waals surface area contributed by atoms with Crippen LogP contribution < -0.4 is 5.43 Å². The average molecular weight is 222 g/mol. The molecule has 0 spiro atoms. The maximum atomic E-state index is 11.3. The standard InChI is InChI=1S/C16H14O/c1-10(2)11-3-5-12(6-4-11)13-7-8-14-15(9-13)16(14)17/h3-10H,1-2H3. The fraction of sp³-hybridized carbons (Fsp3) is 0.188. The van der Waals surface area contributed by atoms with Gasteiger partial charge in [-0.05, 0) is 34.7 Å². The van der Waals surface area contributed by atoms with Crippen molar-refractivity contribution in [1.29, 1.82) is 0 Å². The highest BCUT2D eigenvalue weighted by molar-refractivity contribution is 5.99. The number of fused-ring (bicyclic) bond motifs is 1. The van der Waals surface area contributed by atoms with E-state index in [2.05, 4.69) is 38.1 Å². The molecule has 0 aliphatic carbocycles. The summed E-state index contributed by atoms with van der Waals surface area (Å²) in [6, 6.07) is 14.5. The summed E-state index contributed by atoms with van der Waals surface area (Å²) in [7, 11) is 0. The summed E-state index contributed by atoms with van der Waals surface area (Å²) in [6.45, 7) is 4.38. The largest absolute Gasteiger partial charge is 0.289 e. The first kappa shape index (κ1) is 10.3. The van der Waals surface area contributed by atoms with Crippen LogP contribution in [-0.2, 0) is 0 Å². The molecule has 0 radical (unpaired) electrons. The normalized spacial score (nSPS) is 11.7. The lowest BCUT2D eigenvalue weighted by atomic mass is 9.99. The molecule has 0 saturated heterocycles. The molecule has 3 rings (SSSR count). The molecule has 17 heavy (non-hydrogen) atoms. The smallest absolute Gasteiger partial charge is 0.194 e. The highest BCUT2D eigenvalue weighted by Gasteiger charge is 2.12. The van der Waals surface area contributed by atoms with E-state index in [4.69, 9.17) is 0 Å². The van der Waals surface area contributed by atoms with Gasteiger partial charge in [0.15, 0.2) is 5.43 Å². The molecule has 0 fully saturated rings. The van der Waals surface area contributed by atoms with E-state index in [-0.39, 0.29) is 5.43 Å². The van der Waals surface area contributed by atoms with Crippen molar-refractivity contribution in [3.63, 3.8) is 0 Å². The predicted molar refractivity (Wildman–Crippen MR) is 72.1 cm³/mol. The van der Waals surface area contributed by atoms with E-state index in [9.17, 15) is 4.79 Å². The molecule has 0 aliphatic heterocycles. The Morgan fingerprint density at radius 3 is 2.06 bits per heavy atom. The van der Waals surface area contributed by atoms with Crippen LogP contribution in [0.3, 0.4) is 0 Å². The Morgan fingerprint density at radius 2 is 1.47 bits per heavy atom. The summed E-state index contributed by atoms with van der Waals surface area (Å²) in [5.74, 6) is 0.555. The topological polar surface area (TPSA) is 17.1 Å². The number of hydrogen-bond donors (Lipinski definition) is 0. The van der Waals surface area contributed by atoms with Crippen LogP contribution in [0.2, 0.25) is 0 Å². The summed E-state index contributed by atoms with van der Waals surface area (Å²) in [4.78, 5) is 11.3. The van der Waals surface area contributed by atoms with Gasteiger partial charge in [-0.3, -0.25) is 4.79 Å². The molecule has 0 bridgehead atoms. The summed E-state index contributed by atoms with van der Waals surface area (Å²) in [5.41, 5.74) is 3.85. The Morgan fingerprint density at radius 1 is 0.824 bits per heavy atom. The van der Waals surface area contributed by atoms with E-state index in [1.165, 1.54) is 11.1 Å². The molecular weight excluding hydrogens is 208 g/mol. The first-order valence-electron chi connectivity index (χ1n) is 5.96. The monoisotopic (exact) mass is 222 g/mol. The molecule has 0 N–H and O–H groups in total. The van der Waals surface area contributed by atoms with E-state index >= 15 is 0 Å². The molecule has 1 heteroatoms. The van der Waals surface area contributed by atoms with Gasteiger partial charge < -0.3 is 0 Å². The van der Waals surface area contributed by atoms with Crippen LogP contribution >= 0.6 is 0 Å². The molecule has 0 heterocycles. The molecule has 0 amide bonds. The molecular formula is C16H14O. The van der Waals surface area contributed by atoms with E-state index in [1.807, 2.05) is 18.2 Å². The molecule has 0 saturated carbocycles. The second kappa shape index (κ2) is 3.56. The highest BCUT2D eigenvalue weighted by atomic mass is 16.1. The third kappa shape index (κ3) is 1.68. The maximum Gasteiger partial charge on any atom is 0.194 e. The predicted octanol–water partition coefficient (Wildman–Crippen LogP) is 3.87. The molecule has 0 aromatic heterocycles. The SMILES string of the molecule is CC(C)c1ccc(-c2ccc3c(=O)c3c2)cc1. The van der Waals surface area contributed by atoms with Gasteiger partial charge in [0.05, 0.1) is 0 Å². The van der Waals surface area contributed by atoms with Crippen LogP contribution in [0, 0.1) is 0 Å². The molecule has 0 unspecified atom stereocenters. The lowest BCUT2D eigenvalue weighted by Gasteiger charge is -2.06. The van der Waals surface area contributed by atoms with Gasteiger partial charge in [0.1, 0.15) is 0 Å². The van der Waals surface area contributed by atoms with Crippen LogP contribution in [-0.4, -0.2) is 0 Å². The zero-order valence-electron chi connectivity index (χ0n) is 10.0. The van der Waals surface area contributed by atoms with Crippen molar-refractivity contribution in [3.8, 4) is 11.1 Å². The van der Waals surface area contributed by atoms with Crippen LogP contribution in [0.1, 0.15) is 25.3 Å². The van der Waals surface area contributed by atoms with Gasteiger partial charge >= 0.3 is 0 Å². The van der Waals surface area contributed by atoms with Crippen molar-refractivity contribution in [2.75, 3.05) is 0 Å². The van der Waals surface area contributed by atoms with Crippen LogP contribution in [0.25, 0.3) is 21.9 Å². The van der Waals surface area contributed by atoms with Gasteiger partial charge in [0, 0.05) is 10.8 Å². The van der Waals surface area contributed by atoms with Crippen molar-refractivity contribution in [2.24, 2.45) is 0 Å². The second-order valence-electron chi connectivity index (χ2n) is 4.87. The fourth-order valence-corrected chi connectivity index (χ4v) is 2.12. The molecule has 3 aromatic carbocycles. The van der Waals surface area contributed by atoms with Gasteiger partial charge in [0.2, 0.25) is 0 Å². The molecule has 3 aromatic rings. The molecule has 0 aliphatic rings. The molecule has 1 nitrogen and oxygen atoms in total. The minimum Gasteiger partial charge on any atom is -0.289 e. The van der Waals surface area contributed by atoms with Gasteiger partial charge in [-0.2, -0.15) is 0 Å². The Kier molecular flexibility index (Phi) is 2.15. The summed E-state index contributed by atoms with van der Waals surface area (Å²) < 4.78 is 0. The zero-order chi connectivity index (χ0) is 12.0. The number of rotatable bonds is 2. The maximum absolute atomic E-state index is 11.3. The third-order valence-electron chi connectivity index (χ3n) is 3.36. The molecule has 84 valence electrons. The zero-order valence-corrected chi connectivity index (χ0v) is 10.0. The minimum atomic E-state index is 0.204. The van der Waals surface area contributed by atoms with Gasteiger partial charge in [-0.1, -0.05) is 44.2 Å². The van der Waals surface area contributed by atoms with Crippen LogP contribution in [0.4, 0.5) is 0 Å². The van der Waals surface area contributed by atoms with Crippen molar-refractivity contribution in [1.82, 2.24) is 0 Å². The number of hydrogen-bond acceptors (Lipinski definition) is 1. The third-order valence-corrected chi connectivity index (χ3v) is 3.36. The lowest BCUT2D eigenvalue weighted by Crippen LogP contribution is -1.86. The van der Waals surface area contributed by atoms with Crippen LogP contribution in [0.15, 0.2) is 47.3 Å². The van der Waals surface area contributed by atoms with Crippen molar-refractivity contribution < 1.29 is 0 Å². The average Bonchev–Trinajstić information content (AvgIpc) is 3.00. The summed E-state index contributed by atoms with van der Waals surface area (Å²) >= 11 is 0. The highest BCUT2D eigenvalue weighted by Crippen LogP contribution is 2.26. The Labute approximate surface area is 100 Å². The minimum absolute atomic E-state index is 0.204. The van der Waals surface area contributed by atoms with Crippen LogP contribution in [0.5, 0.6) is 0 Å². The Balaban J connectivity index is 2.01. The van der Waals surface area contributed by atoms with Crippen molar-refractivity contribution in [2.45, 2.75) is 19.8 Å². The fourth-order valence-electron chi connectivity index (χ4n) is 2.12. The van der Waals surface area contributed by atoms with E-state index in [1.54, 1.807) is 0 Å². The molecule has 0 atom stereocenters. The van der Waals surface area contributed by atoms with Gasteiger partial charge in [-0.25, -0.2) is 0 Å². The van der Waals surface area contributed by atoms with Crippen molar-refractivity contribution >= 4 is 10.8 Å². The van der Waals surface area contributed by atoms with E-state index in [0.29, 0.717) is 5.92 Å². The van der Waals surface area contributed by atoms with Gasteiger partial charge in [0.25, 0.3) is 0 Å². The Hall–Kier alpha value is -1.89. The lowest BCUT2D eigenvalue weighted by molar-refractivity contribution is 0.867. The quantitative estimate of drug-likeness (QED) is 0.643. The summed E-state index contributed by atoms with van der Waals surface area (Å²) in [6.07, 6.45) is 0. The first-order chi connectivity index (χ1) is 8.16.